The van der Waals surface area contributed by atoms with Gasteiger partial charge >= 0.3 is 5.97 Å². The zero-order chi connectivity index (χ0) is 12.4. The van der Waals surface area contributed by atoms with Crippen molar-refractivity contribution in [3.63, 3.8) is 0 Å². The predicted octanol–water partition coefficient (Wildman–Crippen LogP) is 2.22. The third-order valence-electron chi connectivity index (χ3n) is 3.16. The van der Waals surface area contributed by atoms with E-state index in [1.165, 1.54) is 0 Å². The van der Waals surface area contributed by atoms with Crippen LogP contribution in [0.5, 0.6) is 0 Å². The molecule has 1 heterocycles. The summed E-state index contributed by atoms with van der Waals surface area (Å²) in [5.41, 5.74) is 7.21. The molecular formula is C12H15ClN2O2. The van der Waals surface area contributed by atoms with Gasteiger partial charge in [-0.1, -0.05) is 11.6 Å². The summed E-state index contributed by atoms with van der Waals surface area (Å²) in [4.78, 5) is 13.0. The monoisotopic (exact) mass is 254 g/mol. The quantitative estimate of drug-likeness (QED) is 0.795. The van der Waals surface area contributed by atoms with Gasteiger partial charge in [0.25, 0.3) is 0 Å². The highest BCUT2D eigenvalue weighted by atomic mass is 35.5. The van der Waals surface area contributed by atoms with Gasteiger partial charge in [-0.05, 0) is 31.0 Å². The number of piperidine rings is 1. The summed E-state index contributed by atoms with van der Waals surface area (Å²) in [6.07, 6.45) is 1.33. The molecule has 1 aliphatic heterocycles. The fourth-order valence-electron chi connectivity index (χ4n) is 2.15. The minimum absolute atomic E-state index is 0.223. The highest BCUT2D eigenvalue weighted by Gasteiger charge is 2.25. The standard InChI is InChI=1S/C12H15ClN2O2/c13-10-7-9(14)1-2-11(10)15-5-3-8(4-6-15)12(16)17/h1-2,7-8H,3-6,14H2,(H,16,17). The zero-order valence-corrected chi connectivity index (χ0v) is 10.2. The van der Waals surface area contributed by atoms with Crippen molar-refractivity contribution in [1.82, 2.24) is 0 Å². The van der Waals surface area contributed by atoms with E-state index in [4.69, 9.17) is 22.4 Å². The first kappa shape index (κ1) is 12.0. The van der Waals surface area contributed by atoms with Crippen LogP contribution in [0, 0.1) is 5.92 Å². The van der Waals surface area contributed by atoms with Gasteiger partial charge in [0.15, 0.2) is 0 Å². The average Bonchev–Trinajstić information content (AvgIpc) is 2.29. The molecule has 0 radical (unpaired) electrons. The van der Waals surface area contributed by atoms with Crippen LogP contribution in [0.3, 0.4) is 0 Å². The maximum atomic E-state index is 10.8. The van der Waals surface area contributed by atoms with Gasteiger partial charge in [-0.2, -0.15) is 0 Å². The lowest BCUT2D eigenvalue weighted by Gasteiger charge is -2.32. The van der Waals surface area contributed by atoms with Crippen LogP contribution in [-0.2, 0) is 4.79 Å². The van der Waals surface area contributed by atoms with Crippen LogP contribution in [0.4, 0.5) is 11.4 Å². The van der Waals surface area contributed by atoms with Crippen molar-refractivity contribution in [3.05, 3.63) is 23.2 Å². The van der Waals surface area contributed by atoms with E-state index in [0.717, 1.165) is 18.8 Å². The highest BCUT2D eigenvalue weighted by Crippen LogP contribution is 2.31. The van der Waals surface area contributed by atoms with Crippen LogP contribution in [0.25, 0.3) is 0 Å². The number of halogens is 1. The molecule has 1 aromatic carbocycles. The first-order valence-electron chi connectivity index (χ1n) is 5.60. The molecule has 3 N–H and O–H groups in total. The Hall–Kier alpha value is -1.42. The fourth-order valence-corrected chi connectivity index (χ4v) is 2.46. The second kappa shape index (κ2) is 4.84. The van der Waals surface area contributed by atoms with Crippen LogP contribution < -0.4 is 10.6 Å². The van der Waals surface area contributed by atoms with Gasteiger partial charge in [0, 0.05) is 18.8 Å². The van der Waals surface area contributed by atoms with Crippen molar-refractivity contribution in [2.24, 2.45) is 5.92 Å². The Morgan fingerprint density at radius 1 is 1.41 bits per heavy atom. The molecule has 0 bridgehead atoms. The predicted molar refractivity (Wildman–Crippen MR) is 68.4 cm³/mol. The summed E-state index contributed by atoms with van der Waals surface area (Å²) < 4.78 is 0. The first-order valence-corrected chi connectivity index (χ1v) is 5.98. The maximum absolute atomic E-state index is 10.8. The molecule has 0 unspecified atom stereocenters. The Balaban J connectivity index is 2.08. The van der Waals surface area contributed by atoms with Gasteiger partial charge in [-0.3, -0.25) is 4.79 Å². The van der Waals surface area contributed by atoms with Crippen LogP contribution in [0.1, 0.15) is 12.8 Å². The number of nitrogen functional groups attached to an aromatic ring is 1. The Kier molecular flexibility index (Phi) is 3.43. The molecule has 4 nitrogen and oxygen atoms in total. The lowest BCUT2D eigenvalue weighted by atomic mass is 9.97. The number of anilines is 2. The second-order valence-electron chi connectivity index (χ2n) is 4.31. The first-order chi connectivity index (χ1) is 8.08. The molecule has 0 atom stereocenters. The van der Waals surface area contributed by atoms with Crippen LogP contribution in [0.2, 0.25) is 5.02 Å². The molecule has 1 aliphatic rings. The average molecular weight is 255 g/mol. The molecule has 0 amide bonds. The summed E-state index contributed by atoms with van der Waals surface area (Å²) in [6, 6.07) is 5.42. The largest absolute Gasteiger partial charge is 0.481 e. The van der Waals surface area contributed by atoms with E-state index < -0.39 is 5.97 Å². The third kappa shape index (κ3) is 2.64. The molecule has 0 spiro atoms. The SMILES string of the molecule is Nc1ccc(N2CCC(C(=O)O)CC2)c(Cl)c1. The molecule has 1 saturated heterocycles. The molecule has 0 saturated carbocycles. The number of hydrogen-bond acceptors (Lipinski definition) is 3. The molecular weight excluding hydrogens is 240 g/mol. The molecule has 1 fully saturated rings. The topological polar surface area (TPSA) is 66.6 Å². The van der Waals surface area contributed by atoms with Crippen LogP contribution in [0.15, 0.2) is 18.2 Å². The smallest absolute Gasteiger partial charge is 0.306 e. The van der Waals surface area contributed by atoms with Gasteiger partial charge in [0.2, 0.25) is 0 Å². The molecule has 0 aromatic heterocycles. The summed E-state index contributed by atoms with van der Waals surface area (Å²) in [5.74, 6) is -0.924. The minimum atomic E-state index is -0.701. The number of nitrogens with two attached hydrogens (primary N) is 1. The lowest BCUT2D eigenvalue weighted by molar-refractivity contribution is -0.142. The molecule has 2 rings (SSSR count). The summed E-state index contributed by atoms with van der Waals surface area (Å²) >= 11 is 6.12. The molecule has 17 heavy (non-hydrogen) atoms. The molecule has 5 heteroatoms. The highest BCUT2D eigenvalue weighted by molar-refractivity contribution is 6.33. The van der Waals surface area contributed by atoms with Crippen molar-refractivity contribution in [2.45, 2.75) is 12.8 Å². The lowest BCUT2D eigenvalue weighted by Crippen LogP contribution is -2.36. The molecule has 92 valence electrons. The van der Waals surface area contributed by atoms with Crippen molar-refractivity contribution >= 4 is 28.9 Å². The minimum Gasteiger partial charge on any atom is -0.481 e. The zero-order valence-electron chi connectivity index (χ0n) is 9.40. The van der Waals surface area contributed by atoms with E-state index in [9.17, 15) is 4.79 Å². The number of rotatable bonds is 2. The summed E-state index contributed by atoms with van der Waals surface area (Å²) in [6.45, 7) is 1.45. The van der Waals surface area contributed by atoms with Gasteiger partial charge in [0.05, 0.1) is 16.6 Å². The van der Waals surface area contributed by atoms with E-state index >= 15 is 0 Å². The summed E-state index contributed by atoms with van der Waals surface area (Å²) in [5, 5.41) is 9.55. The number of hydrogen-bond donors (Lipinski definition) is 2. The number of carboxylic acids is 1. The van der Waals surface area contributed by atoms with E-state index in [-0.39, 0.29) is 5.92 Å². The van der Waals surface area contributed by atoms with Gasteiger partial charge in [-0.25, -0.2) is 0 Å². The molecule has 1 aromatic rings. The summed E-state index contributed by atoms with van der Waals surface area (Å²) in [7, 11) is 0. The van der Waals surface area contributed by atoms with Gasteiger partial charge in [0.1, 0.15) is 0 Å². The Labute approximate surface area is 105 Å². The van der Waals surface area contributed by atoms with E-state index in [2.05, 4.69) is 4.90 Å². The Bertz CT molecular complexity index is 429. The third-order valence-corrected chi connectivity index (χ3v) is 3.46. The fraction of sp³-hybridized carbons (Fsp3) is 0.417. The molecule has 0 aliphatic carbocycles. The van der Waals surface area contributed by atoms with E-state index in [1.54, 1.807) is 6.07 Å². The van der Waals surface area contributed by atoms with E-state index in [0.29, 0.717) is 23.6 Å². The van der Waals surface area contributed by atoms with Crippen molar-refractivity contribution in [2.75, 3.05) is 23.7 Å². The number of nitrogens with zero attached hydrogens (tertiary/aromatic N) is 1. The number of benzene rings is 1. The van der Waals surface area contributed by atoms with Gasteiger partial charge < -0.3 is 15.7 Å². The normalized spacial score (nSPS) is 17.1. The van der Waals surface area contributed by atoms with Crippen LogP contribution >= 0.6 is 11.6 Å². The Morgan fingerprint density at radius 3 is 2.59 bits per heavy atom. The van der Waals surface area contributed by atoms with Gasteiger partial charge in [-0.15, -0.1) is 0 Å². The van der Waals surface area contributed by atoms with Crippen molar-refractivity contribution in [3.8, 4) is 0 Å². The second-order valence-corrected chi connectivity index (χ2v) is 4.72. The number of carbonyl (C=O) groups is 1. The van der Waals surface area contributed by atoms with Crippen molar-refractivity contribution in [1.29, 1.82) is 0 Å². The van der Waals surface area contributed by atoms with Crippen LogP contribution in [-0.4, -0.2) is 24.2 Å². The number of aliphatic carboxylic acids is 1. The Morgan fingerprint density at radius 2 is 2.06 bits per heavy atom. The maximum Gasteiger partial charge on any atom is 0.306 e. The number of carboxylic acid groups (broad SMARTS) is 1. The van der Waals surface area contributed by atoms with E-state index in [1.807, 2.05) is 12.1 Å². The van der Waals surface area contributed by atoms with Crippen molar-refractivity contribution < 1.29 is 9.90 Å².